The summed E-state index contributed by atoms with van der Waals surface area (Å²) >= 11 is 1.26. The second-order valence-electron chi connectivity index (χ2n) is 8.33. The second kappa shape index (κ2) is 9.50. The van der Waals surface area contributed by atoms with Crippen LogP contribution in [-0.4, -0.2) is 21.0 Å². The number of halogens is 3. The number of benzene rings is 2. The van der Waals surface area contributed by atoms with Crippen LogP contribution in [0.3, 0.4) is 0 Å². The van der Waals surface area contributed by atoms with Crippen LogP contribution in [0.2, 0.25) is 0 Å². The predicted octanol–water partition coefficient (Wildman–Crippen LogP) is 7.76. The van der Waals surface area contributed by atoms with Crippen molar-refractivity contribution in [1.82, 2.24) is 9.97 Å². The molecule has 4 rings (SSSR count). The molecule has 0 aliphatic rings. The van der Waals surface area contributed by atoms with Crippen LogP contribution in [0.4, 0.5) is 24.1 Å². The smallest absolute Gasteiger partial charge is 0.416 e. The van der Waals surface area contributed by atoms with Gasteiger partial charge in [0.25, 0.3) is 0 Å². The van der Waals surface area contributed by atoms with Crippen molar-refractivity contribution in [2.45, 2.75) is 32.9 Å². The van der Waals surface area contributed by atoms with E-state index in [1.807, 2.05) is 44.2 Å². The molecular weight excluding hydrogens is 475 g/mol. The summed E-state index contributed by atoms with van der Waals surface area (Å²) in [5, 5.41) is 13.1. The van der Waals surface area contributed by atoms with E-state index in [1.54, 1.807) is 12.3 Å². The van der Waals surface area contributed by atoms with Crippen molar-refractivity contribution >= 4 is 28.3 Å². The van der Waals surface area contributed by atoms with Crippen molar-refractivity contribution in [1.29, 1.82) is 0 Å². The third kappa shape index (κ3) is 5.19. The Morgan fingerprint density at radius 1 is 1.03 bits per heavy atom. The third-order valence-corrected chi connectivity index (χ3v) is 6.72. The Kier molecular flexibility index (Phi) is 6.62. The Bertz CT molecular complexity index is 1380. The fraction of sp³-hybridized carbons (Fsp3) is 0.192. The van der Waals surface area contributed by atoms with E-state index in [0.29, 0.717) is 22.0 Å². The number of pyridine rings is 1. The molecule has 2 aromatic heterocycles. The molecule has 0 spiro atoms. The lowest BCUT2D eigenvalue weighted by molar-refractivity contribution is -0.138. The third-order valence-electron chi connectivity index (χ3n) is 5.44. The molecule has 0 radical (unpaired) electrons. The first-order valence-corrected chi connectivity index (χ1v) is 11.6. The molecular formula is C26H22F3N3O2S. The summed E-state index contributed by atoms with van der Waals surface area (Å²) in [6.45, 7) is 5.27. The minimum atomic E-state index is -4.48. The molecule has 0 aliphatic carbocycles. The van der Waals surface area contributed by atoms with Crippen LogP contribution in [0.15, 0.2) is 60.8 Å². The van der Waals surface area contributed by atoms with Gasteiger partial charge in [-0.15, -0.1) is 11.3 Å². The van der Waals surface area contributed by atoms with Crippen LogP contribution >= 0.6 is 11.3 Å². The van der Waals surface area contributed by atoms with Gasteiger partial charge in [-0.3, -0.25) is 0 Å². The summed E-state index contributed by atoms with van der Waals surface area (Å²) in [6, 6.07) is 15.0. The van der Waals surface area contributed by atoms with Crippen LogP contribution in [0.25, 0.3) is 22.4 Å². The number of aromatic nitrogens is 2. The van der Waals surface area contributed by atoms with E-state index in [9.17, 15) is 23.1 Å². The monoisotopic (exact) mass is 497 g/mol. The van der Waals surface area contributed by atoms with Gasteiger partial charge in [-0.1, -0.05) is 56.3 Å². The zero-order valence-corrected chi connectivity index (χ0v) is 20.0. The van der Waals surface area contributed by atoms with Crippen molar-refractivity contribution in [2.24, 2.45) is 0 Å². The molecule has 0 saturated heterocycles. The van der Waals surface area contributed by atoms with E-state index in [1.165, 1.54) is 30.4 Å². The van der Waals surface area contributed by atoms with Gasteiger partial charge in [-0.25, -0.2) is 14.8 Å². The lowest BCUT2D eigenvalue weighted by atomic mass is 10.00. The van der Waals surface area contributed by atoms with Gasteiger partial charge in [-0.05, 0) is 36.1 Å². The fourth-order valence-corrected chi connectivity index (χ4v) is 4.66. The summed E-state index contributed by atoms with van der Waals surface area (Å²) < 4.78 is 40.4. The molecule has 2 aromatic carbocycles. The first-order valence-electron chi connectivity index (χ1n) is 10.8. The highest BCUT2D eigenvalue weighted by molar-refractivity contribution is 7.16. The molecule has 9 heteroatoms. The normalized spacial score (nSPS) is 11.6. The molecule has 35 heavy (non-hydrogen) atoms. The highest BCUT2D eigenvalue weighted by Crippen LogP contribution is 2.40. The van der Waals surface area contributed by atoms with Gasteiger partial charge in [0, 0.05) is 22.2 Å². The predicted molar refractivity (Wildman–Crippen MR) is 131 cm³/mol. The maximum Gasteiger partial charge on any atom is 0.416 e. The van der Waals surface area contributed by atoms with Crippen LogP contribution in [0.1, 0.15) is 46.1 Å². The van der Waals surface area contributed by atoms with Crippen molar-refractivity contribution < 1.29 is 23.1 Å². The quantitative estimate of drug-likeness (QED) is 0.285. The molecule has 0 fully saturated rings. The van der Waals surface area contributed by atoms with Crippen LogP contribution in [0.5, 0.6) is 0 Å². The standard InChI is InChI=1S/C26H22F3N3O2S/c1-14(2)22-21(17-10-9-15(3)20(12-17)26(27,28)29)31-25(35-22)32-23-19(24(33)34)11-18(13-30-23)16-7-5-4-6-8-16/h4-14H,1-3H3,(H,33,34)(H,30,31,32). The molecule has 180 valence electrons. The first-order chi connectivity index (χ1) is 16.5. The molecule has 4 aromatic rings. The fourth-order valence-electron chi connectivity index (χ4n) is 3.68. The Hall–Kier alpha value is -3.72. The average molecular weight is 498 g/mol. The van der Waals surface area contributed by atoms with E-state index in [4.69, 9.17) is 0 Å². The zero-order valence-electron chi connectivity index (χ0n) is 19.1. The Morgan fingerprint density at radius 2 is 1.74 bits per heavy atom. The Labute approximate surface area is 204 Å². The molecule has 0 saturated carbocycles. The number of carbonyl (C=O) groups is 1. The maximum atomic E-state index is 13.5. The van der Waals surface area contributed by atoms with Gasteiger partial charge in [0.05, 0.1) is 11.3 Å². The number of aromatic carboxylic acids is 1. The summed E-state index contributed by atoms with van der Waals surface area (Å²) in [6.07, 6.45) is -2.91. The van der Waals surface area contributed by atoms with Crippen molar-refractivity contribution in [2.75, 3.05) is 5.32 Å². The van der Waals surface area contributed by atoms with Crippen molar-refractivity contribution in [3.63, 3.8) is 0 Å². The molecule has 2 N–H and O–H groups in total. The minimum absolute atomic E-state index is 0.0129. The summed E-state index contributed by atoms with van der Waals surface area (Å²) in [5.74, 6) is -1.07. The Morgan fingerprint density at radius 3 is 2.37 bits per heavy atom. The number of anilines is 2. The lowest BCUT2D eigenvalue weighted by Gasteiger charge is -2.12. The molecule has 0 aliphatic heterocycles. The molecule has 0 bridgehead atoms. The van der Waals surface area contributed by atoms with Gasteiger partial charge >= 0.3 is 12.1 Å². The van der Waals surface area contributed by atoms with Crippen LogP contribution in [-0.2, 0) is 6.18 Å². The number of rotatable bonds is 6. The number of carboxylic acid groups (broad SMARTS) is 1. The van der Waals surface area contributed by atoms with Gasteiger partial charge in [0.2, 0.25) is 0 Å². The second-order valence-corrected chi connectivity index (χ2v) is 9.36. The number of thiazole rings is 1. The molecule has 5 nitrogen and oxygen atoms in total. The molecule has 0 amide bonds. The first kappa shape index (κ1) is 24.4. The highest BCUT2D eigenvalue weighted by atomic mass is 32.1. The van der Waals surface area contributed by atoms with Gasteiger partial charge in [0.15, 0.2) is 5.13 Å². The van der Waals surface area contributed by atoms with E-state index in [-0.39, 0.29) is 22.9 Å². The van der Waals surface area contributed by atoms with E-state index >= 15 is 0 Å². The van der Waals surface area contributed by atoms with Gasteiger partial charge in [-0.2, -0.15) is 13.2 Å². The number of nitrogens with zero attached hydrogens (tertiary/aromatic N) is 2. The summed E-state index contributed by atoms with van der Waals surface area (Å²) in [4.78, 5) is 21.6. The van der Waals surface area contributed by atoms with Crippen LogP contribution in [0, 0.1) is 6.92 Å². The SMILES string of the molecule is Cc1ccc(-c2nc(Nc3ncc(-c4ccccc4)cc3C(=O)O)sc2C(C)C)cc1C(F)(F)F. The zero-order chi connectivity index (χ0) is 25.3. The number of alkyl halides is 3. The highest BCUT2D eigenvalue weighted by Gasteiger charge is 2.33. The summed E-state index contributed by atoms with van der Waals surface area (Å²) in [7, 11) is 0. The number of nitrogens with one attached hydrogen (secondary N) is 1. The topological polar surface area (TPSA) is 75.1 Å². The largest absolute Gasteiger partial charge is 0.478 e. The molecule has 2 heterocycles. The van der Waals surface area contributed by atoms with Crippen LogP contribution < -0.4 is 5.32 Å². The van der Waals surface area contributed by atoms with E-state index < -0.39 is 17.7 Å². The van der Waals surface area contributed by atoms with E-state index in [0.717, 1.165) is 16.5 Å². The number of hydrogen-bond donors (Lipinski definition) is 2. The molecule has 0 atom stereocenters. The van der Waals surface area contributed by atoms with Crippen molar-refractivity contribution in [3.05, 3.63) is 82.4 Å². The number of carboxylic acids is 1. The van der Waals surface area contributed by atoms with Crippen molar-refractivity contribution in [3.8, 4) is 22.4 Å². The summed E-state index contributed by atoms with van der Waals surface area (Å²) in [5.41, 5.74) is 1.64. The van der Waals surface area contributed by atoms with Gasteiger partial charge < -0.3 is 10.4 Å². The maximum absolute atomic E-state index is 13.5. The van der Waals surface area contributed by atoms with Gasteiger partial charge in [0.1, 0.15) is 11.4 Å². The number of hydrogen-bond acceptors (Lipinski definition) is 5. The Balaban J connectivity index is 1.74. The average Bonchev–Trinajstić information content (AvgIpc) is 3.23. The number of aryl methyl sites for hydroxylation is 1. The molecule has 0 unspecified atom stereocenters. The van der Waals surface area contributed by atoms with E-state index in [2.05, 4.69) is 15.3 Å². The minimum Gasteiger partial charge on any atom is -0.478 e. The lowest BCUT2D eigenvalue weighted by Crippen LogP contribution is -2.07.